The summed E-state index contributed by atoms with van der Waals surface area (Å²) in [5.41, 5.74) is 5.39. The Morgan fingerprint density at radius 2 is 1.81 bits per heavy atom. The molecule has 10 heteroatoms. The smallest absolute Gasteiger partial charge is 0.263 e. The zero-order chi connectivity index (χ0) is 26.8. The molecule has 1 aromatic heterocycles. The van der Waals surface area contributed by atoms with Crippen LogP contribution in [-0.4, -0.2) is 49.9 Å². The van der Waals surface area contributed by atoms with Crippen molar-refractivity contribution in [3.8, 4) is 5.75 Å². The number of fused-ring (bicyclic) bond motifs is 1. The van der Waals surface area contributed by atoms with Gasteiger partial charge in [0, 0.05) is 23.7 Å². The van der Waals surface area contributed by atoms with Gasteiger partial charge in [-0.15, -0.1) is 0 Å². The van der Waals surface area contributed by atoms with Gasteiger partial charge in [-0.3, -0.25) is 10.0 Å². The molecule has 0 saturated heterocycles. The molecule has 3 rings (SSSR count). The first-order valence-electron chi connectivity index (χ1n) is 11.6. The van der Waals surface area contributed by atoms with E-state index < -0.39 is 27.6 Å². The van der Waals surface area contributed by atoms with Gasteiger partial charge in [0.1, 0.15) is 11.8 Å². The Hall–Kier alpha value is -2.92. The number of methoxy groups -OCH3 is 1. The first kappa shape index (κ1) is 27.7. The molecule has 1 heterocycles. The fraction of sp³-hybridized carbons (Fsp3) is 0.423. The molecule has 0 bridgehead atoms. The number of aromatic nitrogens is 1. The second-order valence-electron chi connectivity index (χ2n) is 9.87. The lowest BCUT2D eigenvalue weighted by molar-refractivity contribution is -0.133. The average Bonchev–Trinajstić information content (AvgIpc) is 3.27. The van der Waals surface area contributed by atoms with Gasteiger partial charge in [0.15, 0.2) is 0 Å². The minimum atomic E-state index is -4.19. The molecule has 0 unspecified atom stereocenters. The number of hydrogen-bond acceptors (Lipinski definition) is 6. The van der Waals surface area contributed by atoms with Gasteiger partial charge in [0.2, 0.25) is 10.0 Å². The number of H-pyrrole nitrogens is 1. The highest BCUT2D eigenvalue weighted by Gasteiger charge is 2.32. The van der Waals surface area contributed by atoms with E-state index in [2.05, 4.69) is 15.8 Å². The van der Waals surface area contributed by atoms with E-state index in [1.807, 2.05) is 31.3 Å². The second kappa shape index (κ2) is 10.6. The summed E-state index contributed by atoms with van der Waals surface area (Å²) in [6.45, 7) is 10.4. The van der Waals surface area contributed by atoms with Crippen LogP contribution in [0.5, 0.6) is 5.75 Å². The lowest BCUT2D eigenvalue weighted by Crippen LogP contribution is -2.49. The fourth-order valence-corrected chi connectivity index (χ4v) is 6.04. The van der Waals surface area contributed by atoms with E-state index in [4.69, 9.17) is 9.47 Å². The molecule has 0 aliphatic heterocycles. The molecule has 0 aliphatic rings. The number of carbonyl (C=O) groups is 1. The molecular formula is C26H35N3O6S. The number of hydrogen-bond donors (Lipinski definition) is 4. The van der Waals surface area contributed by atoms with E-state index in [-0.39, 0.29) is 11.5 Å². The fourth-order valence-electron chi connectivity index (χ4n) is 4.29. The number of aromatic amines is 1. The highest BCUT2D eigenvalue weighted by molar-refractivity contribution is 7.89. The van der Waals surface area contributed by atoms with Crippen LogP contribution in [0.4, 0.5) is 0 Å². The first-order valence-corrected chi connectivity index (χ1v) is 13.1. The van der Waals surface area contributed by atoms with Gasteiger partial charge in [-0.25, -0.2) is 13.9 Å². The van der Waals surface area contributed by atoms with E-state index in [9.17, 15) is 18.4 Å². The maximum Gasteiger partial charge on any atom is 0.263 e. The standard InChI is InChI=1S/C26H35N3O6S/c1-15-16(2)24(36(32,33)29-22(25(30)28-31)14-35-26(4,5)6)17(3)20(23(15)34-7)13-18-8-9-21-19(12-18)10-11-27-21/h8-12,22,27,29,31H,13-14H2,1-7H3,(H,28,30)/t22-/m1/s1. The second-order valence-corrected chi connectivity index (χ2v) is 11.5. The van der Waals surface area contributed by atoms with E-state index in [1.165, 1.54) is 5.48 Å². The molecule has 0 saturated carbocycles. The number of nitrogens with one attached hydrogen (secondary N) is 3. The molecule has 4 N–H and O–H groups in total. The molecule has 3 aromatic rings. The third-order valence-electron chi connectivity index (χ3n) is 6.19. The van der Waals surface area contributed by atoms with Crippen molar-refractivity contribution >= 4 is 26.8 Å². The summed E-state index contributed by atoms with van der Waals surface area (Å²) < 4.78 is 41.1. The van der Waals surface area contributed by atoms with Crippen LogP contribution < -0.4 is 14.9 Å². The Morgan fingerprint density at radius 3 is 2.42 bits per heavy atom. The van der Waals surface area contributed by atoms with Crippen molar-refractivity contribution in [2.24, 2.45) is 0 Å². The van der Waals surface area contributed by atoms with Crippen LogP contribution in [0.3, 0.4) is 0 Å². The van der Waals surface area contributed by atoms with E-state index in [0.717, 1.165) is 22.0 Å². The van der Waals surface area contributed by atoms with Crippen LogP contribution in [0, 0.1) is 20.8 Å². The average molecular weight is 518 g/mol. The van der Waals surface area contributed by atoms with Crippen molar-refractivity contribution in [2.75, 3.05) is 13.7 Å². The summed E-state index contributed by atoms with van der Waals surface area (Å²) >= 11 is 0. The molecule has 0 fully saturated rings. The van der Waals surface area contributed by atoms with Crippen molar-refractivity contribution in [3.05, 3.63) is 58.3 Å². The molecule has 9 nitrogen and oxygen atoms in total. The van der Waals surface area contributed by atoms with Crippen molar-refractivity contribution in [2.45, 2.75) is 64.5 Å². The van der Waals surface area contributed by atoms with Crippen molar-refractivity contribution < 1.29 is 27.9 Å². The van der Waals surface area contributed by atoms with Gasteiger partial charge in [0.25, 0.3) is 5.91 Å². The van der Waals surface area contributed by atoms with Gasteiger partial charge < -0.3 is 14.5 Å². The SMILES string of the molecule is COc1c(C)c(C)c(S(=O)(=O)N[C@H](COC(C)(C)C)C(=O)NO)c(C)c1Cc1ccc2[nH]ccc2c1. The Morgan fingerprint density at radius 1 is 1.11 bits per heavy atom. The number of benzene rings is 2. The number of rotatable bonds is 9. The molecule has 36 heavy (non-hydrogen) atoms. The summed E-state index contributed by atoms with van der Waals surface area (Å²) in [6, 6.07) is 6.68. The zero-order valence-corrected chi connectivity index (χ0v) is 22.6. The highest BCUT2D eigenvalue weighted by Crippen LogP contribution is 2.37. The predicted molar refractivity (Wildman–Crippen MR) is 138 cm³/mol. The zero-order valence-electron chi connectivity index (χ0n) is 21.8. The number of sulfonamides is 1. The molecule has 1 amide bonds. The molecule has 1 atom stereocenters. The number of carbonyl (C=O) groups excluding carboxylic acids is 1. The lowest BCUT2D eigenvalue weighted by atomic mass is 9.93. The van der Waals surface area contributed by atoms with Crippen LogP contribution in [0.2, 0.25) is 0 Å². The molecule has 0 radical (unpaired) electrons. The van der Waals surface area contributed by atoms with Gasteiger partial charge in [-0.2, -0.15) is 4.72 Å². The van der Waals surface area contributed by atoms with Gasteiger partial charge in [-0.1, -0.05) is 6.07 Å². The van der Waals surface area contributed by atoms with E-state index >= 15 is 0 Å². The van der Waals surface area contributed by atoms with Crippen LogP contribution in [-0.2, 0) is 26.0 Å². The Bertz CT molecular complexity index is 1370. The molecule has 0 spiro atoms. The predicted octanol–water partition coefficient (Wildman–Crippen LogP) is 3.66. The molecule has 196 valence electrons. The van der Waals surface area contributed by atoms with Crippen molar-refractivity contribution in [3.63, 3.8) is 0 Å². The molecule has 0 aliphatic carbocycles. The van der Waals surface area contributed by atoms with Crippen LogP contribution in [0.25, 0.3) is 10.9 Å². The van der Waals surface area contributed by atoms with Crippen LogP contribution in [0.15, 0.2) is 35.4 Å². The third kappa shape index (κ3) is 5.89. The number of hydroxylamine groups is 1. The normalized spacial score (nSPS) is 13.1. The first-order chi connectivity index (χ1) is 16.8. The minimum Gasteiger partial charge on any atom is -0.496 e. The van der Waals surface area contributed by atoms with Crippen LogP contribution >= 0.6 is 0 Å². The van der Waals surface area contributed by atoms with Gasteiger partial charge >= 0.3 is 0 Å². The third-order valence-corrected chi connectivity index (χ3v) is 7.93. The summed E-state index contributed by atoms with van der Waals surface area (Å²) in [7, 11) is -2.63. The van der Waals surface area contributed by atoms with E-state index in [1.54, 1.807) is 41.7 Å². The maximum absolute atomic E-state index is 13.7. The summed E-state index contributed by atoms with van der Waals surface area (Å²) in [5.74, 6) is -0.290. The van der Waals surface area contributed by atoms with E-state index in [0.29, 0.717) is 28.9 Å². The Labute approximate surface area is 212 Å². The molecule has 2 aromatic carbocycles. The summed E-state index contributed by atoms with van der Waals surface area (Å²) in [6.07, 6.45) is 2.32. The van der Waals surface area contributed by atoms with Crippen molar-refractivity contribution in [1.29, 1.82) is 0 Å². The Balaban J connectivity index is 2.07. The minimum absolute atomic E-state index is 0.0741. The van der Waals surface area contributed by atoms with Gasteiger partial charge in [0.05, 0.1) is 24.2 Å². The molecular weight excluding hydrogens is 482 g/mol. The number of ether oxygens (including phenoxy) is 2. The summed E-state index contributed by atoms with van der Waals surface area (Å²) in [4.78, 5) is 15.5. The highest BCUT2D eigenvalue weighted by atomic mass is 32.2. The monoisotopic (exact) mass is 517 g/mol. The topological polar surface area (TPSA) is 130 Å². The number of amides is 1. The lowest BCUT2D eigenvalue weighted by Gasteiger charge is -2.26. The van der Waals surface area contributed by atoms with Gasteiger partial charge in [-0.05, 0) is 87.4 Å². The Kier molecular flexibility index (Phi) is 8.14. The quantitative estimate of drug-likeness (QED) is 0.253. The van der Waals surface area contributed by atoms with Crippen LogP contribution in [0.1, 0.15) is 48.6 Å². The summed E-state index contributed by atoms with van der Waals surface area (Å²) in [5, 5.41) is 10.2. The largest absolute Gasteiger partial charge is 0.496 e. The maximum atomic E-state index is 13.7. The van der Waals surface area contributed by atoms with Crippen molar-refractivity contribution in [1.82, 2.24) is 15.2 Å².